The summed E-state index contributed by atoms with van der Waals surface area (Å²) in [7, 11) is 0. The van der Waals surface area contributed by atoms with Crippen molar-refractivity contribution < 1.29 is 0 Å². The van der Waals surface area contributed by atoms with Crippen LogP contribution in [0.2, 0.25) is 0 Å². The molecular formula is C11H12N2S. The van der Waals surface area contributed by atoms with Crippen molar-refractivity contribution in [3.8, 4) is 11.3 Å². The van der Waals surface area contributed by atoms with E-state index in [4.69, 9.17) is 0 Å². The highest BCUT2D eigenvalue weighted by atomic mass is 32.2. The van der Waals surface area contributed by atoms with Crippen molar-refractivity contribution in [2.45, 2.75) is 5.88 Å². The average molecular weight is 204 g/mol. The number of thioether (sulfide) groups is 1. The van der Waals surface area contributed by atoms with Crippen LogP contribution in [0.4, 0.5) is 0 Å². The molecule has 0 aliphatic rings. The molecule has 0 spiro atoms. The Morgan fingerprint density at radius 1 is 1.29 bits per heavy atom. The minimum atomic E-state index is 0.949. The van der Waals surface area contributed by atoms with Crippen molar-refractivity contribution in [1.82, 2.24) is 9.55 Å². The predicted octanol–water partition coefficient (Wildman–Crippen LogP) is 2.87. The van der Waals surface area contributed by atoms with Crippen molar-refractivity contribution >= 4 is 11.8 Å². The number of imidazole rings is 1. The van der Waals surface area contributed by atoms with Gasteiger partial charge in [-0.25, -0.2) is 4.98 Å². The van der Waals surface area contributed by atoms with Crippen LogP contribution in [0.1, 0.15) is 0 Å². The van der Waals surface area contributed by atoms with E-state index in [2.05, 4.69) is 27.9 Å². The topological polar surface area (TPSA) is 17.8 Å². The smallest absolute Gasteiger partial charge is 0.0958 e. The number of aromatic nitrogens is 2. The summed E-state index contributed by atoms with van der Waals surface area (Å²) in [5.41, 5.74) is 2.40. The zero-order valence-corrected chi connectivity index (χ0v) is 8.87. The second-order valence-electron chi connectivity index (χ2n) is 3.03. The van der Waals surface area contributed by atoms with E-state index in [9.17, 15) is 0 Å². The van der Waals surface area contributed by atoms with Crippen molar-refractivity contribution in [3.05, 3.63) is 42.9 Å². The van der Waals surface area contributed by atoms with Crippen LogP contribution in [-0.2, 0) is 5.88 Å². The summed E-state index contributed by atoms with van der Waals surface area (Å²) in [5.74, 6) is 0.949. The molecule has 1 heterocycles. The molecule has 2 nitrogen and oxygen atoms in total. The quantitative estimate of drug-likeness (QED) is 0.765. The molecular weight excluding hydrogens is 192 g/mol. The highest BCUT2D eigenvalue weighted by Crippen LogP contribution is 2.19. The minimum absolute atomic E-state index is 0.949. The number of hydrogen-bond donors (Lipinski definition) is 0. The molecule has 2 aromatic rings. The Morgan fingerprint density at radius 3 is 2.79 bits per heavy atom. The summed E-state index contributed by atoms with van der Waals surface area (Å²) < 4.78 is 2.15. The molecule has 0 fully saturated rings. The summed E-state index contributed by atoms with van der Waals surface area (Å²) in [6.45, 7) is 0. The zero-order chi connectivity index (χ0) is 9.80. The Hall–Kier alpha value is -1.22. The van der Waals surface area contributed by atoms with Crippen molar-refractivity contribution in [2.24, 2.45) is 0 Å². The van der Waals surface area contributed by atoms with Gasteiger partial charge < -0.3 is 4.57 Å². The third-order valence-corrected chi connectivity index (χ3v) is 2.59. The largest absolute Gasteiger partial charge is 0.321 e. The molecule has 0 aliphatic carbocycles. The maximum absolute atomic E-state index is 4.17. The van der Waals surface area contributed by atoms with Crippen molar-refractivity contribution in [3.63, 3.8) is 0 Å². The third-order valence-electron chi connectivity index (χ3n) is 2.05. The van der Waals surface area contributed by atoms with Crippen LogP contribution in [0.15, 0.2) is 42.9 Å². The normalized spacial score (nSPS) is 10.4. The monoisotopic (exact) mass is 204 g/mol. The second-order valence-corrected chi connectivity index (χ2v) is 3.87. The summed E-state index contributed by atoms with van der Waals surface area (Å²) in [4.78, 5) is 4.17. The van der Waals surface area contributed by atoms with Gasteiger partial charge in [0.05, 0.1) is 24.1 Å². The Morgan fingerprint density at radius 2 is 2.07 bits per heavy atom. The van der Waals surface area contributed by atoms with E-state index < -0.39 is 0 Å². The molecule has 0 amide bonds. The first-order valence-corrected chi connectivity index (χ1v) is 5.85. The van der Waals surface area contributed by atoms with E-state index in [0.29, 0.717) is 0 Å². The molecule has 0 N–H and O–H groups in total. The van der Waals surface area contributed by atoms with Gasteiger partial charge in [-0.3, -0.25) is 0 Å². The van der Waals surface area contributed by atoms with E-state index in [1.807, 2.05) is 30.7 Å². The molecule has 1 aromatic heterocycles. The van der Waals surface area contributed by atoms with Gasteiger partial charge in [0.1, 0.15) is 0 Å². The van der Waals surface area contributed by atoms with Crippen LogP contribution in [0.5, 0.6) is 0 Å². The molecule has 2 rings (SSSR count). The first kappa shape index (κ1) is 9.34. The molecule has 0 radical (unpaired) electrons. The van der Waals surface area contributed by atoms with Gasteiger partial charge >= 0.3 is 0 Å². The lowest BCUT2D eigenvalue weighted by molar-refractivity contribution is 0.899. The molecule has 1 aromatic carbocycles. The average Bonchev–Trinajstić information content (AvgIpc) is 2.68. The van der Waals surface area contributed by atoms with E-state index in [0.717, 1.165) is 5.88 Å². The minimum Gasteiger partial charge on any atom is -0.321 e. The van der Waals surface area contributed by atoms with Gasteiger partial charge in [0.25, 0.3) is 0 Å². The van der Waals surface area contributed by atoms with Gasteiger partial charge in [-0.05, 0) is 11.8 Å². The molecule has 0 saturated heterocycles. The van der Waals surface area contributed by atoms with Crippen molar-refractivity contribution in [2.75, 3.05) is 6.26 Å². The van der Waals surface area contributed by atoms with Crippen molar-refractivity contribution in [1.29, 1.82) is 0 Å². The van der Waals surface area contributed by atoms with E-state index in [1.54, 1.807) is 11.8 Å². The lowest BCUT2D eigenvalue weighted by Gasteiger charge is -2.05. The van der Waals surface area contributed by atoms with Crippen LogP contribution in [0.25, 0.3) is 11.3 Å². The van der Waals surface area contributed by atoms with Gasteiger partial charge in [-0.1, -0.05) is 30.3 Å². The predicted molar refractivity (Wildman–Crippen MR) is 61.2 cm³/mol. The van der Waals surface area contributed by atoms with E-state index in [-0.39, 0.29) is 0 Å². The SMILES string of the molecule is CSCn1cncc1-c1ccccc1. The Kier molecular flexibility index (Phi) is 2.89. The van der Waals surface area contributed by atoms with Gasteiger partial charge in [0, 0.05) is 0 Å². The fourth-order valence-electron chi connectivity index (χ4n) is 1.41. The van der Waals surface area contributed by atoms with E-state index >= 15 is 0 Å². The first-order valence-electron chi connectivity index (χ1n) is 4.46. The van der Waals surface area contributed by atoms with Crippen LogP contribution in [-0.4, -0.2) is 15.8 Å². The molecule has 14 heavy (non-hydrogen) atoms. The molecule has 0 bridgehead atoms. The molecule has 0 atom stereocenters. The van der Waals surface area contributed by atoms with Gasteiger partial charge in [-0.15, -0.1) is 11.8 Å². The highest BCUT2D eigenvalue weighted by molar-refractivity contribution is 7.97. The number of hydrogen-bond acceptors (Lipinski definition) is 2. The number of rotatable bonds is 3. The third kappa shape index (κ3) is 1.82. The summed E-state index contributed by atoms with van der Waals surface area (Å²) in [5, 5.41) is 0. The Bertz CT molecular complexity index is 395. The summed E-state index contributed by atoms with van der Waals surface area (Å²) in [6, 6.07) is 10.3. The lowest BCUT2D eigenvalue weighted by Crippen LogP contribution is -1.94. The van der Waals surface area contributed by atoms with Crippen LogP contribution >= 0.6 is 11.8 Å². The number of benzene rings is 1. The molecule has 72 valence electrons. The maximum atomic E-state index is 4.17. The summed E-state index contributed by atoms with van der Waals surface area (Å²) >= 11 is 1.79. The van der Waals surface area contributed by atoms with E-state index in [1.165, 1.54) is 11.3 Å². The molecule has 3 heteroatoms. The second kappa shape index (κ2) is 4.33. The lowest BCUT2D eigenvalue weighted by atomic mass is 10.2. The zero-order valence-electron chi connectivity index (χ0n) is 8.05. The fourth-order valence-corrected chi connectivity index (χ4v) is 1.90. The van der Waals surface area contributed by atoms with Crippen LogP contribution in [0, 0.1) is 0 Å². The Balaban J connectivity index is 2.37. The summed E-state index contributed by atoms with van der Waals surface area (Å²) in [6.07, 6.45) is 5.87. The first-order chi connectivity index (χ1) is 6.92. The standard InChI is InChI=1S/C11H12N2S/c1-14-9-13-8-12-7-11(13)10-5-3-2-4-6-10/h2-8H,9H2,1H3. The van der Waals surface area contributed by atoms with Gasteiger partial charge in [-0.2, -0.15) is 0 Å². The number of nitrogens with zero attached hydrogens (tertiary/aromatic N) is 2. The highest BCUT2D eigenvalue weighted by Gasteiger charge is 2.02. The van der Waals surface area contributed by atoms with Gasteiger partial charge in [0.15, 0.2) is 0 Å². The molecule has 0 aliphatic heterocycles. The molecule has 0 unspecified atom stereocenters. The Labute approximate surface area is 88.0 Å². The maximum Gasteiger partial charge on any atom is 0.0958 e. The van der Waals surface area contributed by atoms with Crippen LogP contribution < -0.4 is 0 Å². The molecule has 0 saturated carbocycles. The van der Waals surface area contributed by atoms with Crippen LogP contribution in [0.3, 0.4) is 0 Å². The van der Waals surface area contributed by atoms with Gasteiger partial charge in [0.2, 0.25) is 0 Å². The fraction of sp³-hybridized carbons (Fsp3) is 0.182.